The van der Waals surface area contributed by atoms with E-state index in [0.29, 0.717) is 29.4 Å². The molecule has 2 aromatic heterocycles. The summed E-state index contributed by atoms with van der Waals surface area (Å²) in [5.41, 5.74) is 2.25. The summed E-state index contributed by atoms with van der Waals surface area (Å²) in [6, 6.07) is 7.45. The highest BCUT2D eigenvalue weighted by Crippen LogP contribution is 2.38. The third-order valence-electron chi connectivity index (χ3n) is 4.30. The summed E-state index contributed by atoms with van der Waals surface area (Å²) in [5.74, 6) is 1.64. The summed E-state index contributed by atoms with van der Waals surface area (Å²) in [6.07, 6.45) is 1.70. The second kappa shape index (κ2) is 7.11. The minimum Gasteiger partial charge on any atom is -0.493 e. The Morgan fingerprint density at radius 3 is 2.27 bits per heavy atom. The molecule has 0 spiro atoms. The topological polar surface area (TPSA) is 67.5 Å². The van der Waals surface area contributed by atoms with E-state index >= 15 is 0 Å². The van der Waals surface area contributed by atoms with Gasteiger partial charge in [-0.3, -0.25) is 9.13 Å². The monoisotopic (exact) mass is 357 g/mol. The lowest BCUT2D eigenvalue weighted by Crippen LogP contribution is -2.26. The zero-order valence-electron chi connectivity index (χ0n) is 15.6. The summed E-state index contributed by atoms with van der Waals surface area (Å²) in [4.78, 5) is 17.4. The largest absolute Gasteiger partial charge is 0.493 e. The average Bonchev–Trinajstić information content (AvgIpc) is 2.92. The zero-order valence-corrected chi connectivity index (χ0v) is 15.6. The first-order chi connectivity index (χ1) is 12.5. The molecule has 26 heavy (non-hydrogen) atoms. The average molecular weight is 357 g/mol. The number of ether oxygens (including phenoxy) is 3. The summed E-state index contributed by atoms with van der Waals surface area (Å²) >= 11 is 0. The van der Waals surface area contributed by atoms with Gasteiger partial charge in [0.15, 0.2) is 17.1 Å². The number of benzene rings is 1. The SMILES string of the molecule is COc1cc(Cn2c(=O)n(C(C)C)c3ncccc32)cc(OC)c1OC. The quantitative estimate of drug-likeness (QED) is 0.679. The van der Waals surface area contributed by atoms with Crippen LogP contribution in [0.5, 0.6) is 17.2 Å². The van der Waals surface area contributed by atoms with Crippen LogP contribution in [-0.2, 0) is 6.54 Å². The second-order valence-corrected chi connectivity index (χ2v) is 6.21. The van der Waals surface area contributed by atoms with E-state index in [9.17, 15) is 4.79 Å². The van der Waals surface area contributed by atoms with Crippen LogP contribution in [0.15, 0.2) is 35.3 Å². The minimum atomic E-state index is -0.0950. The van der Waals surface area contributed by atoms with Gasteiger partial charge in [-0.05, 0) is 43.7 Å². The molecular weight excluding hydrogens is 334 g/mol. The first kappa shape index (κ1) is 17.8. The molecule has 0 aliphatic carbocycles. The van der Waals surface area contributed by atoms with Crippen molar-refractivity contribution in [1.29, 1.82) is 0 Å². The molecule has 0 saturated carbocycles. The van der Waals surface area contributed by atoms with Crippen LogP contribution >= 0.6 is 0 Å². The number of hydrogen-bond acceptors (Lipinski definition) is 5. The summed E-state index contributed by atoms with van der Waals surface area (Å²) < 4.78 is 19.6. The smallest absolute Gasteiger partial charge is 0.330 e. The van der Waals surface area contributed by atoms with Crippen LogP contribution in [0.3, 0.4) is 0 Å². The lowest BCUT2D eigenvalue weighted by molar-refractivity contribution is 0.323. The molecule has 3 rings (SSSR count). The van der Waals surface area contributed by atoms with Crippen molar-refractivity contribution in [3.8, 4) is 17.2 Å². The van der Waals surface area contributed by atoms with Crippen LogP contribution in [0.25, 0.3) is 11.2 Å². The molecule has 0 atom stereocenters. The molecule has 0 fully saturated rings. The predicted molar refractivity (Wildman–Crippen MR) is 99.6 cm³/mol. The molecule has 0 radical (unpaired) electrons. The van der Waals surface area contributed by atoms with E-state index in [4.69, 9.17) is 14.2 Å². The van der Waals surface area contributed by atoms with Gasteiger partial charge in [-0.15, -0.1) is 0 Å². The Bertz CT molecular complexity index is 963. The molecule has 2 heterocycles. The molecule has 3 aromatic rings. The van der Waals surface area contributed by atoms with Gasteiger partial charge in [0, 0.05) is 12.2 Å². The van der Waals surface area contributed by atoms with Crippen molar-refractivity contribution in [3.63, 3.8) is 0 Å². The number of fused-ring (bicyclic) bond motifs is 1. The van der Waals surface area contributed by atoms with Gasteiger partial charge in [-0.25, -0.2) is 9.78 Å². The Hall–Kier alpha value is -2.96. The Morgan fingerprint density at radius 2 is 1.73 bits per heavy atom. The summed E-state index contributed by atoms with van der Waals surface area (Å²) in [5, 5.41) is 0. The number of imidazole rings is 1. The molecule has 1 aromatic carbocycles. The normalized spacial score (nSPS) is 11.2. The van der Waals surface area contributed by atoms with Crippen LogP contribution in [0.2, 0.25) is 0 Å². The highest BCUT2D eigenvalue weighted by atomic mass is 16.5. The number of pyridine rings is 1. The van der Waals surface area contributed by atoms with Crippen molar-refractivity contribution in [1.82, 2.24) is 14.1 Å². The first-order valence-electron chi connectivity index (χ1n) is 8.36. The Kier molecular flexibility index (Phi) is 4.88. The number of aromatic nitrogens is 3. The van der Waals surface area contributed by atoms with Gasteiger partial charge in [-0.1, -0.05) is 0 Å². The van der Waals surface area contributed by atoms with Crippen molar-refractivity contribution in [3.05, 3.63) is 46.5 Å². The van der Waals surface area contributed by atoms with Crippen LogP contribution in [0, 0.1) is 0 Å². The van der Waals surface area contributed by atoms with Gasteiger partial charge in [0.05, 0.1) is 33.4 Å². The van der Waals surface area contributed by atoms with E-state index in [0.717, 1.165) is 11.1 Å². The Labute approximate surface area is 151 Å². The van der Waals surface area contributed by atoms with Crippen molar-refractivity contribution >= 4 is 11.2 Å². The van der Waals surface area contributed by atoms with Crippen molar-refractivity contribution in [2.75, 3.05) is 21.3 Å². The Balaban J connectivity index is 2.16. The molecule has 138 valence electrons. The molecule has 0 bridgehead atoms. The molecule has 0 aliphatic heterocycles. The van der Waals surface area contributed by atoms with E-state index in [1.54, 1.807) is 36.7 Å². The maximum absolute atomic E-state index is 13.0. The maximum Gasteiger partial charge on any atom is 0.330 e. The van der Waals surface area contributed by atoms with Crippen molar-refractivity contribution in [2.24, 2.45) is 0 Å². The number of hydrogen-bond donors (Lipinski definition) is 0. The molecular formula is C19H23N3O4. The summed E-state index contributed by atoms with van der Waals surface area (Å²) in [7, 11) is 4.70. The standard InChI is InChI=1S/C19H23N3O4/c1-12(2)22-18-14(7-6-8-20-18)21(19(22)23)11-13-9-15(24-3)17(26-5)16(10-13)25-4/h6-10,12H,11H2,1-5H3. The molecule has 7 nitrogen and oxygen atoms in total. The van der Waals surface area contributed by atoms with Crippen LogP contribution < -0.4 is 19.9 Å². The van der Waals surface area contributed by atoms with Gasteiger partial charge in [-0.2, -0.15) is 0 Å². The molecule has 0 amide bonds. The summed E-state index contributed by atoms with van der Waals surface area (Å²) in [6.45, 7) is 4.32. The van der Waals surface area contributed by atoms with Gasteiger partial charge < -0.3 is 14.2 Å². The fourth-order valence-corrected chi connectivity index (χ4v) is 3.14. The highest BCUT2D eigenvalue weighted by Gasteiger charge is 2.18. The molecule has 0 unspecified atom stereocenters. The van der Waals surface area contributed by atoms with Crippen LogP contribution in [-0.4, -0.2) is 35.4 Å². The van der Waals surface area contributed by atoms with E-state index in [1.165, 1.54) is 0 Å². The number of rotatable bonds is 6. The van der Waals surface area contributed by atoms with Crippen molar-refractivity contribution < 1.29 is 14.2 Å². The van der Waals surface area contributed by atoms with E-state index in [2.05, 4.69) is 4.98 Å². The van der Waals surface area contributed by atoms with Crippen LogP contribution in [0.1, 0.15) is 25.5 Å². The molecule has 0 saturated heterocycles. The second-order valence-electron chi connectivity index (χ2n) is 6.21. The maximum atomic E-state index is 13.0. The van der Waals surface area contributed by atoms with E-state index in [1.807, 2.05) is 38.1 Å². The highest BCUT2D eigenvalue weighted by molar-refractivity contribution is 5.71. The van der Waals surface area contributed by atoms with Gasteiger partial charge in [0.25, 0.3) is 0 Å². The molecule has 7 heteroatoms. The van der Waals surface area contributed by atoms with Crippen LogP contribution in [0.4, 0.5) is 0 Å². The van der Waals surface area contributed by atoms with Gasteiger partial charge >= 0.3 is 5.69 Å². The Morgan fingerprint density at radius 1 is 1.08 bits per heavy atom. The lowest BCUT2D eigenvalue weighted by atomic mass is 10.1. The number of nitrogens with zero attached hydrogens (tertiary/aromatic N) is 3. The third-order valence-corrected chi connectivity index (χ3v) is 4.30. The minimum absolute atomic E-state index is 0.0149. The third kappa shape index (κ3) is 2.89. The lowest BCUT2D eigenvalue weighted by Gasteiger charge is -2.14. The predicted octanol–water partition coefficient (Wildman–Crippen LogP) is 2.85. The van der Waals surface area contributed by atoms with Crippen molar-refractivity contribution in [2.45, 2.75) is 26.4 Å². The van der Waals surface area contributed by atoms with E-state index < -0.39 is 0 Å². The fraction of sp³-hybridized carbons (Fsp3) is 0.368. The first-order valence-corrected chi connectivity index (χ1v) is 8.36. The van der Waals surface area contributed by atoms with Gasteiger partial charge in [0.1, 0.15) is 0 Å². The van der Waals surface area contributed by atoms with Gasteiger partial charge in [0.2, 0.25) is 5.75 Å². The molecule has 0 N–H and O–H groups in total. The molecule has 0 aliphatic rings. The number of methoxy groups -OCH3 is 3. The fourth-order valence-electron chi connectivity index (χ4n) is 3.14. The zero-order chi connectivity index (χ0) is 18.8. The van der Waals surface area contributed by atoms with E-state index in [-0.39, 0.29) is 11.7 Å².